The zero-order chi connectivity index (χ0) is 13.8. The molecule has 2 N–H and O–H groups in total. The first-order chi connectivity index (χ1) is 9.15. The number of rotatable bonds is 4. The van der Waals surface area contributed by atoms with Crippen molar-refractivity contribution in [1.29, 1.82) is 0 Å². The maximum absolute atomic E-state index is 11.6. The predicted molar refractivity (Wildman–Crippen MR) is 74.4 cm³/mol. The van der Waals surface area contributed by atoms with Gasteiger partial charge in [-0.1, -0.05) is 0 Å². The minimum atomic E-state index is -0.336. The van der Waals surface area contributed by atoms with Crippen LogP contribution >= 0.6 is 0 Å². The van der Waals surface area contributed by atoms with E-state index in [2.05, 4.69) is 4.90 Å². The maximum Gasteiger partial charge on any atom is 0.338 e. The minimum absolute atomic E-state index is 0.254. The van der Waals surface area contributed by atoms with E-state index in [4.69, 9.17) is 15.2 Å². The molecule has 0 spiro atoms. The summed E-state index contributed by atoms with van der Waals surface area (Å²) in [6.07, 6.45) is 1.25. The molecule has 0 aliphatic carbocycles. The number of ether oxygens (including phenoxy) is 2. The summed E-state index contributed by atoms with van der Waals surface area (Å²) in [7, 11) is 1.72. The van der Waals surface area contributed by atoms with Gasteiger partial charge in [-0.2, -0.15) is 0 Å². The molecular weight excluding hydrogens is 244 g/mol. The lowest BCUT2D eigenvalue weighted by Gasteiger charge is -2.20. The highest BCUT2D eigenvalue weighted by molar-refractivity contribution is 5.92. The van der Waals surface area contributed by atoms with Gasteiger partial charge < -0.3 is 20.1 Å². The van der Waals surface area contributed by atoms with E-state index in [1.165, 1.54) is 0 Å². The molecule has 1 unspecified atom stereocenters. The normalized spacial score (nSPS) is 18.6. The SMILES string of the molecule is CCOC(=O)c1ccc(N2CCC(OC)C2)c(N)c1. The number of carbonyl (C=O) groups is 1. The molecule has 5 heteroatoms. The number of anilines is 2. The number of nitrogen functional groups attached to an aromatic ring is 1. The van der Waals surface area contributed by atoms with Crippen LogP contribution in [-0.4, -0.2) is 38.9 Å². The van der Waals surface area contributed by atoms with Gasteiger partial charge in [-0.15, -0.1) is 0 Å². The van der Waals surface area contributed by atoms with Gasteiger partial charge in [-0.05, 0) is 31.5 Å². The van der Waals surface area contributed by atoms with Crippen molar-refractivity contribution in [2.24, 2.45) is 0 Å². The van der Waals surface area contributed by atoms with Crippen molar-refractivity contribution >= 4 is 17.3 Å². The average Bonchev–Trinajstić information content (AvgIpc) is 2.87. The van der Waals surface area contributed by atoms with Crippen LogP contribution in [0.15, 0.2) is 18.2 Å². The number of nitrogens with zero attached hydrogens (tertiary/aromatic N) is 1. The lowest BCUT2D eigenvalue weighted by atomic mass is 10.1. The van der Waals surface area contributed by atoms with Crippen molar-refractivity contribution in [3.05, 3.63) is 23.8 Å². The Bertz CT molecular complexity index is 462. The van der Waals surface area contributed by atoms with Gasteiger partial charge in [0.15, 0.2) is 0 Å². The Morgan fingerprint density at radius 3 is 2.89 bits per heavy atom. The predicted octanol–water partition coefficient (Wildman–Crippen LogP) is 1.67. The maximum atomic E-state index is 11.6. The molecule has 1 aliphatic rings. The molecule has 1 aromatic rings. The first-order valence-corrected chi connectivity index (χ1v) is 6.50. The Labute approximate surface area is 113 Å². The second-order valence-corrected chi connectivity index (χ2v) is 4.59. The zero-order valence-electron chi connectivity index (χ0n) is 11.4. The van der Waals surface area contributed by atoms with E-state index in [-0.39, 0.29) is 12.1 Å². The van der Waals surface area contributed by atoms with Crippen LogP contribution in [0.2, 0.25) is 0 Å². The standard InChI is InChI=1S/C14H20N2O3/c1-3-19-14(17)10-4-5-13(12(15)8-10)16-7-6-11(9-16)18-2/h4-5,8,11H,3,6-7,9,15H2,1-2H3. The molecule has 0 amide bonds. The van der Waals surface area contributed by atoms with E-state index in [0.717, 1.165) is 25.2 Å². The molecule has 0 aromatic heterocycles. The molecule has 1 atom stereocenters. The zero-order valence-corrected chi connectivity index (χ0v) is 11.4. The molecule has 5 nitrogen and oxygen atoms in total. The van der Waals surface area contributed by atoms with Gasteiger partial charge >= 0.3 is 5.97 Å². The third-order valence-electron chi connectivity index (χ3n) is 3.36. The fourth-order valence-electron chi connectivity index (χ4n) is 2.32. The Hall–Kier alpha value is -1.75. The van der Waals surface area contributed by atoms with Gasteiger partial charge in [0.05, 0.1) is 29.6 Å². The summed E-state index contributed by atoms with van der Waals surface area (Å²) in [6.45, 7) is 3.90. The van der Waals surface area contributed by atoms with Crippen molar-refractivity contribution in [3.63, 3.8) is 0 Å². The molecule has 1 heterocycles. The molecule has 0 radical (unpaired) electrons. The molecule has 1 aliphatic heterocycles. The molecule has 1 fully saturated rings. The Morgan fingerprint density at radius 1 is 1.53 bits per heavy atom. The molecular formula is C14H20N2O3. The van der Waals surface area contributed by atoms with E-state index in [1.807, 2.05) is 6.07 Å². The van der Waals surface area contributed by atoms with Gasteiger partial charge in [-0.25, -0.2) is 4.79 Å². The van der Waals surface area contributed by atoms with Gasteiger partial charge in [0.2, 0.25) is 0 Å². The minimum Gasteiger partial charge on any atom is -0.462 e. The van der Waals surface area contributed by atoms with Crippen LogP contribution in [-0.2, 0) is 9.47 Å². The molecule has 2 rings (SSSR count). The van der Waals surface area contributed by atoms with E-state index in [9.17, 15) is 4.79 Å². The van der Waals surface area contributed by atoms with Crippen LogP contribution in [0.4, 0.5) is 11.4 Å². The van der Waals surface area contributed by atoms with Crippen LogP contribution in [0.25, 0.3) is 0 Å². The number of carbonyl (C=O) groups excluding carboxylic acids is 1. The van der Waals surface area contributed by atoms with Crippen molar-refractivity contribution in [3.8, 4) is 0 Å². The Kier molecular flexibility index (Phi) is 4.27. The van der Waals surface area contributed by atoms with Crippen LogP contribution in [0.3, 0.4) is 0 Å². The molecule has 1 aromatic carbocycles. The van der Waals surface area contributed by atoms with Gasteiger partial charge in [-0.3, -0.25) is 0 Å². The Balaban J connectivity index is 2.13. The van der Waals surface area contributed by atoms with Gasteiger partial charge in [0.1, 0.15) is 0 Å². The lowest BCUT2D eigenvalue weighted by Crippen LogP contribution is -2.23. The smallest absolute Gasteiger partial charge is 0.338 e. The topological polar surface area (TPSA) is 64.8 Å². The molecule has 0 bridgehead atoms. The average molecular weight is 264 g/mol. The van der Waals surface area contributed by atoms with E-state index >= 15 is 0 Å². The Morgan fingerprint density at radius 2 is 2.32 bits per heavy atom. The number of hydrogen-bond acceptors (Lipinski definition) is 5. The van der Waals surface area contributed by atoms with Crippen molar-refractivity contribution in [1.82, 2.24) is 0 Å². The lowest BCUT2D eigenvalue weighted by molar-refractivity contribution is 0.0526. The fraction of sp³-hybridized carbons (Fsp3) is 0.500. The first kappa shape index (κ1) is 13.7. The molecule has 19 heavy (non-hydrogen) atoms. The van der Waals surface area contributed by atoms with E-state index < -0.39 is 0 Å². The van der Waals surface area contributed by atoms with E-state index in [0.29, 0.717) is 17.9 Å². The monoisotopic (exact) mass is 264 g/mol. The first-order valence-electron chi connectivity index (χ1n) is 6.50. The van der Waals surface area contributed by atoms with Gasteiger partial charge in [0, 0.05) is 20.2 Å². The summed E-state index contributed by atoms with van der Waals surface area (Å²) >= 11 is 0. The third kappa shape index (κ3) is 2.98. The summed E-state index contributed by atoms with van der Waals surface area (Å²) in [6, 6.07) is 5.30. The van der Waals surface area contributed by atoms with Crippen molar-refractivity contribution in [2.75, 3.05) is 37.4 Å². The summed E-state index contributed by atoms with van der Waals surface area (Å²) < 4.78 is 10.3. The van der Waals surface area contributed by atoms with Crippen LogP contribution in [0.1, 0.15) is 23.7 Å². The number of methoxy groups -OCH3 is 1. The number of hydrogen-bond donors (Lipinski definition) is 1. The van der Waals surface area contributed by atoms with Crippen LogP contribution in [0, 0.1) is 0 Å². The number of nitrogens with two attached hydrogens (primary N) is 1. The third-order valence-corrected chi connectivity index (χ3v) is 3.36. The van der Waals surface area contributed by atoms with Gasteiger partial charge in [0.25, 0.3) is 0 Å². The molecule has 104 valence electrons. The summed E-state index contributed by atoms with van der Waals surface area (Å²) in [4.78, 5) is 13.8. The highest BCUT2D eigenvalue weighted by Crippen LogP contribution is 2.28. The van der Waals surface area contributed by atoms with Crippen LogP contribution < -0.4 is 10.6 Å². The number of esters is 1. The van der Waals surface area contributed by atoms with Crippen molar-refractivity contribution < 1.29 is 14.3 Å². The highest BCUT2D eigenvalue weighted by atomic mass is 16.5. The van der Waals surface area contributed by atoms with Crippen LogP contribution in [0.5, 0.6) is 0 Å². The molecule has 0 saturated carbocycles. The second kappa shape index (κ2) is 5.93. The molecule has 1 saturated heterocycles. The number of benzene rings is 1. The fourth-order valence-corrected chi connectivity index (χ4v) is 2.32. The highest BCUT2D eigenvalue weighted by Gasteiger charge is 2.23. The summed E-state index contributed by atoms with van der Waals surface area (Å²) in [5.74, 6) is -0.336. The largest absolute Gasteiger partial charge is 0.462 e. The summed E-state index contributed by atoms with van der Waals surface area (Å²) in [5, 5.41) is 0. The second-order valence-electron chi connectivity index (χ2n) is 4.59. The van der Waals surface area contributed by atoms with Crippen molar-refractivity contribution in [2.45, 2.75) is 19.4 Å². The van der Waals surface area contributed by atoms with E-state index in [1.54, 1.807) is 26.2 Å². The summed E-state index contributed by atoms with van der Waals surface area (Å²) in [5.41, 5.74) is 8.07. The quantitative estimate of drug-likeness (QED) is 0.662.